The fourth-order valence-electron chi connectivity index (χ4n) is 3.65. The highest BCUT2D eigenvalue weighted by Crippen LogP contribution is 2.24. The number of carbonyl (C=O) groups excluding carboxylic acids is 3. The van der Waals surface area contributed by atoms with Crippen LogP contribution < -0.4 is 9.47 Å². The summed E-state index contributed by atoms with van der Waals surface area (Å²) in [6, 6.07) is 21.0. The second-order valence-electron chi connectivity index (χ2n) is 8.99. The van der Waals surface area contributed by atoms with E-state index in [1.165, 1.54) is 50.5 Å². The molecule has 39 heavy (non-hydrogen) atoms. The molecule has 1 unspecified atom stereocenters. The molecule has 1 atom stereocenters. The molecule has 6 nitrogen and oxygen atoms in total. The first-order valence-corrected chi connectivity index (χ1v) is 13.3. The van der Waals surface area contributed by atoms with E-state index < -0.39 is 23.8 Å². The van der Waals surface area contributed by atoms with Crippen molar-refractivity contribution in [1.29, 1.82) is 0 Å². The zero-order chi connectivity index (χ0) is 28.0. The number of hydrogen-bond donors (Lipinski definition) is 0. The molecule has 0 saturated heterocycles. The Morgan fingerprint density at radius 2 is 1.28 bits per heavy atom. The maximum absolute atomic E-state index is 12.6. The smallest absolute Gasteiger partial charge is 0.343 e. The maximum Gasteiger partial charge on any atom is 0.343 e. The van der Waals surface area contributed by atoms with Crippen molar-refractivity contribution >= 4 is 17.7 Å². The highest BCUT2D eigenvalue weighted by atomic mass is 16.5. The molecule has 0 saturated carbocycles. The molecule has 0 N–H and O–H groups in total. The highest BCUT2D eigenvalue weighted by molar-refractivity contribution is 6.01. The molecular formula is C33H34O6. The summed E-state index contributed by atoms with van der Waals surface area (Å²) >= 11 is 0. The van der Waals surface area contributed by atoms with Gasteiger partial charge < -0.3 is 14.2 Å². The Morgan fingerprint density at radius 1 is 0.718 bits per heavy atom. The van der Waals surface area contributed by atoms with Crippen molar-refractivity contribution in [2.24, 2.45) is 0 Å². The molecule has 0 aromatic heterocycles. The Labute approximate surface area is 230 Å². The van der Waals surface area contributed by atoms with Gasteiger partial charge in [-0.25, -0.2) is 9.59 Å². The van der Waals surface area contributed by atoms with Crippen molar-refractivity contribution in [2.45, 2.75) is 59.0 Å². The van der Waals surface area contributed by atoms with Gasteiger partial charge >= 0.3 is 11.9 Å². The van der Waals surface area contributed by atoms with E-state index in [4.69, 9.17) is 14.2 Å². The van der Waals surface area contributed by atoms with Crippen LogP contribution in [-0.4, -0.2) is 30.4 Å². The van der Waals surface area contributed by atoms with Crippen LogP contribution in [0.4, 0.5) is 0 Å². The Bertz CT molecular complexity index is 1300. The van der Waals surface area contributed by atoms with E-state index in [0.717, 1.165) is 29.9 Å². The van der Waals surface area contributed by atoms with Gasteiger partial charge in [-0.15, -0.1) is 0 Å². The lowest BCUT2D eigenvalue weighted by Gasteiger charge is -2.10. The van der Waals surface area contributed by atoms with Gasteiger partial charge in [0.05, 0.1) is 17.7 Å². The van der Waals surface area contributed by atoms with Gasteiger partial charge in [0, 0.05) is 6.42 Å². The molecular weight excluding hydrogens is 492 g/mol. The normalized spacial score (nSPS) is 11.1. The van der Waals surface area contributed by atoms with E-state index in [-0.39, 0.29) is 11.3 Å². The van der Waals surface area contributed by atoms with Gasteiger partial charge in [0.25, 0.3) is 0 Å². The SMILES string of the molecule is CCC#CC(=O)C(C)OC(=O)c1ccc(OC(=O)c2ccc(-c3ccc(OCCCCCC)cc3)cc2)cc1. The summed E-state index contributed by atoms with van der Waals surface area (Å²) in [6.07, 6.45) is 4.25. The van der Waals surface area contributed by atoms with Crippen molar-refractivity contribution in [3.63, 3.8) is 0 Å². The van der Waals surface area contributed by atoms with Gasteiger partial charge in [0.1, 0.15) is 11.5 Å². The van der Waals surface area contributed by atoms with Gasteiger partial charge in [-0.3, -0.25) is 4.79 Å². The second kappa shape index (κ2) is 15.1. The summed E-state index contributed by atoms with van der Waals surface area (Å²) in [5.41, 5.74) is 2.62. The minimum absolute atomic E-state index is 0.232. The number of Topliss-reactive ketones (excluding diaryl/α,β-unsaturated/α-hetero) is 1. The van der Waals surface area contributed by atoms with E-state index >= 15 is 0 Å². The van der Waals surface area contributed by atoms with Crippen LogP contribution in [0.3, 0.4) is 0 Å². The maximum atomic E-state index is 12.6. The number of esters is 2. The summed E-state index contributed by atoms with van der Waals surface area (Å²) < 4.78 is 16.4. The minimum Gasteiger partial charge on any atom is -0.494 e. The lowest BCUT2D eigenvalue weighted by molar-refractivity contribution is -0.121. The molecule has 3 rings (SSSR count). The highest BCUT2D eigenvalue weighted by Gasteiger charge is 2.18. The summed E-state index contributed by atoms with van der Waals surface area (Å²) in [4.78, 5) is 36.8. The van der Waals surface area contributed by atoms with Crippen LogP contribution in [-0.2, 0) is 9.53 Å². The van der Waals surface area contributed by atoms with E-state index in [2.05, 4.69) is 18.8 Å². The van der Waals surface area contributed by atoms with Crippen molar-refractivity contribution in [3.05, 3.63) is 83.9 Å². The van der Waals surface area contributed by atoms with Crippen LogP contribution in [0.5, 0.6) is 11.5 Å². The number of benzene rings is 3. The minimum atomic E-state index is -0.969. The molecule has 0 aliphatic heterocycles. The Morgan fingerprint density at radius 3 is 1.90 bits per heavy atom. The Hall–Kier alpha value is -4.37. The lowest BCUT2D eigenvalue weighted by atomic mass is 10.0. The van der Waals surface area contributed by atoms with Gasteiger partial charge in [0.15, 0.2) is 6.10 Å². The molecule has 0 bridgehead atoms. The standard InChI is InChI=1S/C33H34O6/c1-4-6-8-9-23-37-29-19-15-26(16-20-29)25-11-13-27(14-12-25)33(36)39-30-21-17-28(18-22-30)32(35)38-24(3)31(34)10-7-5-2/h11-22,24H,4-6,8-9,23H2,1-3H3. The predicted molar refractivity (Wildman–Crippen MR) is 151 cm³/mol. The molecule has 0 aliphatic carbocycles. The van der Waals surface area contributed by atoms with Crippen LogP contribution in [0.1, 0.15) is 73.6 Å². The number of unbranched alkanes of at least 4 members (excludes halogenated alkanes) is 3. The van der Waals surface area contributed by atoms with E-state index in [9.17, 15) is 14.4 Å². The molecule has 3 aromatic rings. The monoisotopic (exact) mass is 526 g/mol. The number of carbonyl (C=O) groups is 3. The fraction of sp³-hybridized carbons (Fsp3) is 0.303. The van der Waals surface area contributed by atoms with Crippen molar-refractivity contribution in [1.82, 2.24) is 0 Å². The van der Waals surface area contributed by atoms with E-state index in [0.29, 0.717) is 12.0 Å². The van der Waals surface area contributed by atoms with Crippen molar-refractivity contribution in [3.8, 4) is 34.5 Å². The molecule has 0 aliphatic rings. The van der Waals surface area contributed by atoms with Crippen LogP contribution >= 0.6 is 0 Å². The average molecular weight is 527 g/mol. The van der Waals surface area contributed by atoms with Crippen LogP contribution in [0, 0.1) is 11.8 Å². The van der Waals surface area contributed by atoms with Crippen LogP contribution in [0.15, 0.2) is 72.8 Å². The van der Waals surface area contributed by atoms with Gasteiger partial charge in [-0.05, 0) is 78.9 Å². The largest absolute Gasteiger partial charge is 0.494 e. The van der Waals surface area contributed by atoms with E-state index in [1.807, 2.05) is 43.3 Å². The quantitative estimate of drug-likeness (QED) is 0.0826. The lowest BCUT2D eigenvalue weighted by Crippen LogP contribution is -2.23. The van der Waals surface area contributed by atoms with Gasteiger partial charge in [-0.1, -0.05) is 63.3 Å². The topological polar surface area (TPSA) is 78.9 Å². The average Bonchev–Trinajstić information content (AvgIpc) is 2.96. The van der Waals surface area contributed by atoms with E-state index in [1.54, 1.807) is 12.1 Å². The fourth-order valence-corrected chi connectivity index (χ4v) is 3.65. The van der Waals surface area contributed by atoms with Gasteiger partial charge in [0.2, 0.25) is 5.78 Å². The molecule has 0 amide bonds. The molecule has 0 spiro atoms. The van der Waals surface area contributed by atoms with Gasteiger partial charge in [-0.2, -0.15) is 0 Å². The zero-order valence-electron chi connectivity index (χ0n) is 22.7. The summed E-state index contributed by atoms with van der Waals surface area (Å²) in [7, 11) is 0. The third-order valence-electron chi connectivity index (χ3n) is 5.92. The first kappa shape index (κ1) is 29.2. The summed E-state index contributed by atoms with van der Waals surface area (Å²) in [5, 5.41) is 0. The molecule has 0 heterocycles. The molecule has 3 aromatic carbocycles. The van der Waals surface area contributed by atoms with Crippen LogP contribution in [0.25, 0.3) is 11.1 Å². The molecule has 0 radical (unpaired) electrons. The summed E-state index contributed by atoms with van der Waals surface area (Å²) in [5.74, 6) is 4.59. The number of ether oxygens (including phenoxy) is 3. The van der Waals surface area contributed by atoms with Crippen molar-refractivity contribution < 1.29 is 28.6 Å². The first-order chi connectivity index (χ1) is 18.9. The number of ketones is 1. The predicted octanol–water partition coefficient (Wildman–Crippen LogP) is 7.06. The van der Waals surface area contributed by atoms with Crippen molar-refractivity contribution in [2.75, 3.05) is 6.61 Å². The zero-order valence-corrected chi connectivity index (χ0v) is 22.7. The Balaban J connectivity index is 1.52. The van der Waals surface area contributed by atoms with Crippen LogP contribution in [0.2, 0.25) is 0 Å². The second-order valence-corrected chi connectivity index (χ2v) is 8.99. The Kier molecular flexibility index (Phi) is 11.3. The molecule has 202 valence electrons. The molecule has 6 heteroatoms. The summed E-state index contributed by atoms with van der Waals surface area (Å²) in [6.45, 7) is 6.21. The molecule has 0 fully saturated rings. The third kappa shape index (κ3) is 9.15. The first-order valence-electron chi connectivity index (χ1n) is 13.3. The number of rotatable bonds is 12. The third-order valence-corrected chi connectivity index (χ3v) is 5.92. The number of hydrogen-bond acceptors (Lipinski definition) is 6.